The normalized spacial score (nSPS) is 18.3. The quantitative estimate of drug-likeness (QED) is 0.742. The van der Waals surface area contributed by atoms with Crippen LogP contribution in [0.3, 0.4) is 0 Å². The summed E-state index contributed by atoms with van der Waals surface area (Å²) in [6, 6.07) is 6.00. The van der Waals surface area contributed by atoms with E-state index in [9.17, 15) is 0 Å². The smallest absolute Gasteiger partial charge is 0.120 e. The number of ether oxygens (including phenoxy) is 1. The first kappa shape index (κ1) is 11.3. The third kappa shape index (κ3) is 2.31. The molecule has 3 heteroatoms. The summed E-state index contributed by atoms with van der Waals surface area (Å²) in [5.74, 6) is 1.51. The van der Waals surface area contributed by atoms with E-state index in [2.05, 4.69) is 22.0 Å². The molecule has 1 aromatic rings. The van der Waals surface area contributed by atoms with Gasteiger partial charge in [-0.2, -0.15) is 0 Å². The summed E-state index contributed by atoms with van der Waals surface area (Å²) in [5, 5.41) is 0.138. The van der Waals surface area contributed by atoms with Crippen molar-refractivity contribution in [3.8, 4) is 5.75 Å². The largest absolute Gasteiger partial charge is 0.497 e. The van der Waals surface area contributed by atoms with E-state index >= 15 is 0 Å². The van der Waals surface area contributed by atoms with Crippen LogP contribution >= 0.6 is 27.5 Å². The number of methoxy groups -OCH3 is 1. The molecule has 1 atom stereocenters. The van der Waals surface area contributed by atoms with Crippen molar-refractivity contribution < 1.29 is 4.74 Å². The van der Waals surface area contributed by atoms with E-state index in [0.29, 0.717) is 5.92 Å². The van der Waals surface area contributed by atoms with Gasteiger partial charge in [-0.3, -0.25) is 0 Å². The zero-order valence-corrected chi connectivity index (χ0v) is 11.0. The molecule has 1 aromatic carbocycles. The monoisotopic (exact) mass is 288 g/mol. The van der Waals surface area contributed by atoms with Gasteiger partial charge in [0.1, 0.15) is 5.75 Å². The summed E-state index contributed by atoms with van der Waals surface area (Å²) in [6.45, 7) is 0. The van der Waals surface area contributed by atoms with Gasteiger partial charge in [-0.15, -0.1) is 11.6 Å². The molecule has 1 aliphatic carbocycles. The van der Waals surface area contributed by atoms with Gasteiger partial charge in [0.25, 0.3) is 0 Å². The first-order chi connectivity index (χ1) is 7.22. The molecule has 0 saturated heterocycles. The molecule has 1 aliphatic rings. The van der Waals surface area contributed by atoms with Gasteiger partial charge in [-0.1, -0.05) is 28.4 Å². The van der Waals surface area contributed by atoms with Crippen LogP contribution < -0.4 is 4.74 Å². The first-order valence-electron chi connectivity index (χ1n) is 5.20. The van der Waals surface area contributed by atoms with Crippen LogP contribution in [0.5, 0.6) is 5.75 Å². The molecule has 1 unspecified atom stereocenters. The Labute approximate surface area is 104 Å². The van der Waals surface area contributed by atoms with E-state index in [1.807, 2.05) is 12.1 Å². The summed E-state index contributed by atoms with van der Waals surface area (Å²) in [4.78, 5) is 0. The predicted molar refractivity (Wildman–Crippen MR) is 66.6 cm³/mol. The van der Waals surface area contributed by atoms with E-state index < -0.39 is 0 Å². The Morgan fingerprint density at radius 2 is 2.20 bits per heavy atom. The van der Waals surface area contributed by atoms with Crippen molar-refractivity contribution in [1.29, 1.82) is 0 Å². The molecule has 1 saturated carbocycles. The van der Waals surface area contributed by atoms with Crippen molar-refractivity contribution in [2.24, 2.45) is 5.92 Å². The molecule has 2 rings (SSSR count). The number of alkyl halides is 1. The third-order valence-electron chi connectivity index (χ3n) is 3.07. The summed E-state index contributed by atoms with van der Waals surface area (Å²) >= 11 is 9.98. The summed E-state index contributed by atoms with van der Waals surface area (Å²) in [5.41, 5.74) is 1.18. The highest BCUT2D eigenvalue weighted by Crippen LogP contribution is 2.44. The minimum Gasteiger partial charge on any atom is -0.497 e. The lowest BCUT2D eigenvalue weighted by atomic mass is 9.80. The molecule has 1 fully saturated rings. The maximum atomic E-state index is 6.44. The molecule has 0 amide bonds. The lowest BCUT2D eigenvalue weighted by Gasteiger charge is -2.30. The van der Waals surface area contributed by atoms with Gasteiger partial charge in [0.2, 0.25) is 0 Å². The van der Waals surface area contributed by atoms with Gasteiger partial charge in [-0.05, 0) is 36.5 Å². The van der Waals surface area contributed by atoms with Gasteiger partial charge >= 0.3 is 0 Å². The number of halogens is 2. The zero-order valence-electron chi connectivity index (χ0n) is 8.67. The predicted octanol–water partition coefficient (Wildman–Crippen LogP) is 4.54. The second-order valence-corrected chi connectivity index (χ2v) is 5.30. The Hall–Kier alpha value is -0.210. The third-order valence-corrected chi connectivity index (χ3v) is 4.35. The molecule has 82 valence electrons. The Kier molecular flexibility index (Phi) is 3.57. The van der Waals surface area contributed by atoms with Crippen molar-refractivity contribution in [2.45, 2.75) is 24.6 Å². The molecule has 0 aromatic heterocycles. The van der Waals surface area contributed by atoms with Crippen LogP contribution in [-0.4, -0.2) is 7.11 Å². The first-order valence-corrected chi connectivity index (χ1v) is 6.43. The van der Waals surface area contributed by atoms with Gasteiger partial charge in [0, 0.05) is 4.47 Å². The number of rotatable bonds is 3. The van der Waals surface area contributed by atoms with Crippen molar-refractivity contribution in [3.05, 3.63) is 28.2 Å². The van der Waals surface area contributed by atoms with Gasteiger partial charge in [0.05, 0.1) is 12.5 Å². The molecule has 1 nitrogen and oxygen atoms in total. The van der Waals surface area contributed by atoms with Crippen LogP contribution in [0, 0.1) is 5.92 Å². The Balaban J connectivity index is 2.19. The van der Waals surface area contributed by atoms with Crippen molar-refractivity contribution in [1.82, 2.24) is 0 Å². The van der Waals surface area contributed by atoms with Crippen molar-refractivity contribution in [3.63, 3.8) is 0 Å². The van der Waals surface area contributed by atoms with E-state index in [1.54, 1.807) is 7.11 Å². The highest BCUT2D eigenvalue weighted by Gasteiger charge is 2.27. The van der Waals surface area contributed by atoms with E-state index in [1.165, 1.54) is 24.8 Å². The number of hydrogen-bond acceptors (Lipinski definition) is 1. The summed E-state index contributed by atoms with van der Waals surface area (Å²) in [7, 11) is 1.67. The van der Waals surface area contributed by atoms with Gasteiger partial charge in [-0.25, -0.2) is 0 Å². The van der Waals surface area contributed by atoms with Crippen LogP contribution in [-0.2, 0) is 0 Å². The second-order valence-electron chi connectivity index (χ2n) is 3.98. The number of benzene rings is 1. The lowest BCUT2D eigenvalue weighted by molar-refractivity contribution is 0.305. The fourth-order valence-electron chi connectivity index (χ4n) is 1.84. The average molecular weight is 290 g/mol. The standard InChI is InChI=1S/C12H14BrClO/c1-15-9-5-6-10(11(13)7-9)12(14)8-3-2-4-8/h5-8,12H,2-4H2,1H3. The number of hydrogen-bond donors (Lipinski definition) is 0. The van der Waals surface area contributed by atoms with Crippen molar-refractivity contribution >= 4 is 27.5 Å². The highest BCUT2D eigenvalue weighted by molar-refractivity contribution is 9.10. The van der Waals surface area contributed by atoms with Crippen LogP contribution in [0.2, 0.25) is 0 Å². The van der Waals surface area contributed by atoms with Crippen molar-refractivity contribution in [2.75, 3.05) is 7.11 Å². The van der Waals surface area contributed by atoms with E-state index in [4.69, 9.17) is 16.3 Å². The Bertz CT molecular complexity index is 349. The second kappa shape index (κ2) is 4.75. The average Bonchev–Trinajstić information content (AvgIpc) is 2.14. The SMILES string of the molecule is COc1ccc(C(Cl)C2CCC2)c(Br)c1. The molecule has 0 aliphatic heterocycles. The molecule has 0 spiro atoms. The molecular weight excluding hydrogens is 275 g/mol. The van der Waals surface area contributed by atoms with Crippen LogP contribution in [0.25, 0.3) is 0 Å². The molecule has 0 bridgehead atoms. The lowest BCUT2D eigenvalue weighted by Crippen LogP contribution is -2.16. The van der Waals surface area contributed by atoms with Gasteiger partial charge < -0.3 is 4.74 Å². The van der Waals surface area contributed by atoms with Gasteiger partial charge in [0.15, 0.2) is 0 Å². The topological polar surface area (TPSA) is 9.23 Å². The summed E-state index contributed by atoms with van der Waals surface area (Å²) in [6.07, 6.45) is 3.83. The highest BCUT2D eigenvalue weighted by atomic mass is 79.9. The maximum absolute atomic E-state index is 6.44. The Morgan fingerprint density at radius 3 is 2.67 bits per heavy atom. The molecule has 15 heavy (non-hydrogen) atoms. The molecule has 0 N–H and O–H groups in total. The summed E-state index contributed by atoms with van der Waals surface area (Å²) < 4.78 is 6.21. The van der Waals surface area contributed by atoms with Crippen LogP contribution in [0.15, 0.2) is 22.7 Å². The Morgan fingerprint density at radius 1 is 1.47 bits per heavy atom. The minimum absolute atomic E-state index is 0.138. The molecular formula is C12H14BrClO. The van der Waals surface area contributed by atoms with Crippen LogP contribution in [0.1, 0.15) is 30.2 Å². The van der Waals surface area contributed by atoms with E-state index in [-0.39, 0.29) is 5.38 Å². The molecule has 0 radical (unpaired) electrons. The maximum Gasteiger partial charge on any atom is 0.120 e. The van der Waals surface area contributed by atoms with Crippen LogP contribution in [0.4, 0.5) is 0 Å². The fourth-order valence-corrected chi connectivity index (χ4v) is 3.02. The minimum atomic E-state index is 0.138. The molecule has 0 heterocycles. The fraction of sp³-hybridized carbons (Fsp3) is 0.500. The van der Waals surface area contributed by atoms with E-state index in [0.717, 1.165) is 10.2 Å². The zero-order chi connectivity index (χ0) is 10.8.